The molecule has 1 aromatic carbocycles. The molecule has 0 unspecified atom stereocenters. The molecule has 0 bridgehead atoms. The maximum atomic E-state index is 11.7. The van der Waals surface area contributed by atoms with E-state index < -0.39 is 0 Å². The maximum absolute atomic E-state index is 11.7. The summed E-state index contributed by atoms with van der Waals surface area (Å²) in [5.41, 5.74) is 1.66. The molecule has 0 aliphatic rings. The van der Waals surface area contributed by atoms with Gasteiger partial charge in [0.25, 0.3) is 0 Å². The van der Waals surface area contributed by atoms with Gasteiger partial charge in [0.15, 0.2) is 5.75 Å². The molecule has 0 radical (unpaired) electrons. The molecule has 2 rings (SSSR count). The summed E-state index contributed by atoms with van der Waals surface area (Å²) in [6.45, 7) is 2.01. The molecule has 0 saturated carbocycles. The predicted octanol–water partition coefficient (Wildman–Crippen LogP) is 1.57. The second-order valence-corrected chi connectivity index (χ2v) is 5.44. The van der Waals surface area contributed by atoms with Gasteiger partial charge in [0.1, 0.15) is 0 Å². The molecule has 2 N–H and O–H groups in total. The Morgan fingerprint density at radius 1 is 1.18 bits per heavy atom. The molecule has 1 aromatic heterocycles. The summed E-state index contributed by atoms with van der Waals surface area (Å²) in [4.78, 5) is 13.8. The van der Waals surface area contributed by atoms with Crippen molar-refractivity contribution in [3.63, 3.8) is 0 Å². The Labute approximate surface area is 130 Å². The minimum atomic E-state index is -0.372. The van der Waals surface area contributed by atoms with Crippen LogP contribution in [0.1, 0.15) is 17.7 Å². The van der Waals surface area contributed by atoms with Crippen LogP contribution in [0.3, 0.4) is 0 Å². The van der Waals surface area contributed by atoms with Crippen LogP contribution in [-0.4, -0.2) is 33.3 Å². The van der Waals surface area contributed by atoms with Crippen molar-refractivity contribution in [2.24, 2.45) is 0 Å². The van der Waals surface area contributed by atoms with Gasteiger partial charge in [-0.05, 0) is 19.0 Å². The molecule has 0 fully saturated rings. The van der Waals surface area contributed by atoms with Gasteiger partial charge < -0.3 is 14.8 Å². The summed E-state index contributed by atoms with van der Waals surface area (Å²) in [6, 6.07) is 11.6. The van der Waals surface area contributed by atoms with E-state index in [0.29, 0.717) is 19.5 Å². The minimum Gasteiger partial charge on any atom is -0.503 e. The molecule has 0 aliphatic carbocycles. The van der Waals surface area contributed by atoms with Crippen LogP contribution in [0.5, 0.6) is 5.75 Å². The number of hydrogen-bond acceptors (Lipinski definition) is 4. The number of aromatic hydroxyl groups is 1. The molecule has 5 nitrogen and oxygen atoms in total. The van der Waals surface area contributed by atoms with Gasteiger partial charge in [0, 0.05) is 38.0 Å². The number of pyridine rings is 1. The van der Waals surface area contributed by atoms with E-state index in [9.17, 15) is 9.90 Å². The number of nitrogens with zero attached hydrogens (tertiary/aromatic N) is 2. The lowest BCUT2D eigenvalue weighted by atomic mass is 10.2. The van der Waals surface area contributed by atoms with Crippen molar-refractivity contribution in [2.75, 3.05) is 13.7 Å². The second kappa shape index (κ2) is 7.77. The number of aliphatic hydroxyl groups is 1. The molecule has 1 heterocycles. The normalized spacial score (nSPS) is 11.0. The smallest absolute Gasteiger partial charge is 0.223 e. The van der Waals surface area contributed by atoms with Gasteiger partial charge >= 0.3 is 0 Å². The summed E-state index contributed by atoms with van der Waals surface area (Å²) in [6.07, 6.45) is 2.03. The number of benzene rings is 1. The van der Waals surface area contributed by atoms with Crippen LogP contribution in [0.4, 0.5) is 0 Å². The molecule has 22 heavy (non-hydrogen) atoms. The first-order chi connectivity index (χ1) is 10.6. The van der Waals surface area contributed by atoms with Crippen LogP contribution in [0.15, 0.2) is 47.4 Å². The zero-order valence-electron chi connectivity index (χ0n) is 12.8. The highest BCUT2D eigenvalue weighted by atomic mass is 16.3. The third-order valence-electron chi connectivity index (χ3n) is 3.48. The van der Waals surface area contributed by atoms with Gasteiger partial charge in [-0.3, -0.25) is 9.69 Å². The van der Waals surface area contributed by atoms with E-state index in [1.165, 1.54) is 17.8 Å². The van der Waals surface area contributed by atoms with Crippen molar-refractivity contribution < 1.29 is 10.2 Å². The van der Waals surface area contributed by atoms with Crippen molar-refractivity contribution in [1.29, 1.82) is 0 Å². The Hall–Kier alpha value is -2.11. The van der Waals surface area contributed by atoms with E-state index >= 15 is 0 Å². The molecule has 0 saturated heterocycles. The standard InChI is InChI=1S/C17H22N2O3/c1-18(11-14-6-3-2-4-7-14)12-15-10-16(21)17(22)13-19(15)8-5-9-20/h2-4,6-7,10,13,20,22H,5,8-9,11-12H2,1H3. The molecular formula is C17H22N2O3. The van der Waals surface area contributed by atoms with Crippen LogP contribution in [-0.2, 0) is 19.6 Å². The number of hydrogen-bond donors (Lipinski definition) is 2. The summed E-state index contributed by atoms with van der Waals surface area (Å²) in [7, 11) is 1.99. The van der Waals surface area contributed by atoms with E-state index in [1.807, 2.05) is 29.8 Å². The highest BCUT2D eigenvalue weighted by molar-refractivity contribution is 5.21. The Morgan fingerprint density at radius 2 is 1.91 bits per heavy atom. The Kier molecular flexibility index (Phi) is 5.75. The summed E-state index contributed by atoms with van der Waals surface area (Å²) < 4.78 is 1.83. The number of aliphatic hydroxyl groups excluding tert-OH is 1. The van der Waals surface area contributed by atoms with Gasteiger partial charge in [0.05, 0.1) is 6.20 Å². The van der Waals surface area contributed by atoms with Crippen molar-refractivity contribution in [3.8, 4) is 5.75 Å². The first-order valence-electron chi connectivity index (χ1n) is 7.36. The Morgan fingerprint density at radius 3 is 2.59 bits per heavy atom. The summed E-state index contributed by atoms with van der Waals surface area (Å²) in [5, 5.41) is 18.6. The van der Waals surface area contributed by atoms with E-state index in [2.05, 4.69) is 17.0 Å². The summed E-state index contributed by atoms with van der Waals surface area (Å²) >= 11 is 0. The quantitative estimate of drug-likeness (QED) is 0.815. The average Bonchev–Trinajstić information content (AvgIpc) is 2.50. The summed E-state index contributed by atoms with van der Waals surface area (Å²) in [5.74, 6) is -0.257. The lowest BCUT2D eigenvalue weighted by Gasteiger charge is -2.20. The van der Waals surface area contributed by atoms with Gasteiger partial charge in [-0.25, -0.2) is 0 Å². The third kappa shape index (κ3) is 4.44. The zero-order valence-corrected chi connectivity index (χ0v) is 12.8. The van der Waals surface area contributed by atoms with E-state index in [-0.39, 0.29) is 17.8 Å². The molecular weight excluding hydrogens is 280 g/mol. The second-order valence-electron chi connectivity index (χ2n) is 5.44. The molecule has 0 atom stereocenters. The molecule has 2 aromatic rings. The molecule has 0 aliphatic heterocycles. The molecule has 5 heteroatoms. The maximum Gasteiger partial charge on any atom is 0.223 e. The van der Waals surface area contributed by atoms with E-state index in [1.54, 1.807) is 0 Å². The van der Waals surface area contributed by atoms with Crippen LogP contribution in [0.25, 0.3) is 0 Å². The Bertz CT molecular complexity index is 653. The van der Waals surface area contributed by atoms with Crippen molar-refractivity contribution in [1.82, 2.24) is 9.47 Å². The highest BCUT2D eigenvalue weighted by Crippen LogP contribution is 2.11. The van der Waals surface area contributed by atoms with Crippen LogP contribution in [0.2, 0.25) is 0 Å². The SMILES string of the molecule is CN(Cc1ccccc1)Cc1cc(=O)c(O)cn1CCCO. The van der Waals surface area contributed by atoms with Gasteiger partial charge in [-0.15, -0.1) is 0 Å². The van der Waals surface area contributed by atoms with Crippen LogP contribution in [0, 0.1) is 0 Å². The Balaban J connectivity index is 2.13. The third-order valence-corrected chi connectivity index (χ3v) is 3.48. The first kappa shape index (κ1) is 16.3. The van der Waals surface area contributed by atoms with Crippen molar-refractivity contribution >= 4 is 0 Å². The predicted molar refractivity (Wildman–Crippen MR) is 85.7 cm³/mol. The number of rotatable bonds is 7. The fourth-order valence-corrected chi connectivity index (χ4v) is 2.42. The van der Waals surface area contributed by atoms with E-state index in [0.717, 1.165) is 12.2 Å². The van der Waals surface area contributed by atoms with Gasteiger partial charge in [0.2, 0.25) is 5.43 Å². The monoisotopic (exact) mass is 302 g/mol. The highest BCUT2D eigenvalue weighted by Gasteiger charge is 2.09. The van der Waals surface area contributed by atoms with Crippen molar-refractivity contribution in [3.05, 3.63) is 64.1 Å². The fraction of sp³-hybridized carbons (Fsp3) is 0.353. The topological polar surface area (TPSA) is 65.7 Å². The fourth-order valence-electron chi connectivity index (χ4n) is 2.42. The van der Waals surface area contributed by atoms with Crippen LogP contribution >= 0.6 is 0 Å². The lowest BCUT2D eigenvalue weighted by molar-refractivity contribution is 0.273. The first-order valence-corrected chi connectivity index (χ1v) is 7.36. The van der Waals surface area contributed by atoms with Gasteiger partial charge in [-0.2, -0.15) is 0 Å². The number of aryl methyl sites for hydroxylation is 1. The average molecular weight is 302 g/mol. The largest absolute Gasteiger partial charge is 0.503 e. The van der Waals surface area contributed by atoms with Crippen molar-refractivity contribution in [2.45, 2.75) is 26.1 Å². The molecule has 0 amide bonds. The lowest BCUT2D eigenvalue weighted by Crippen LogP contribution is -2.22. The number of aromatic nitrogens is 1. The zero-order chi connectivity index (χ0) is 15.9. The van der Waals surface area contributed by atoms with Crippen LogP contribution < -0.4 is 5.43 Å². The minimum absolute atomic E-state index is 0.0756. The molecule has 118 valence electrons. The van der Waals surface area contributed by atoms with E-state index in [4.69, 9.17) is 5.11 Å². The molecule has 0 spiro atoms. The van der Waals surface area contributed by atoms with Gasteiger partial charge in [-0.1, -0.05) is 30.3 Å².